The number of rotatable bonds is 1. The third-order valence-electron chi connectivity index (χ3n) is 3.08. The number of halogens is 5. The largest absolute Gasteiger partial charge is 0.420 e. The molecule has 1 aliphatic heterocycles. The minimum atomic E-state index is -4.79. The second-order valence-electron chi connectivity index (χ2n) is 4.51. The average Bonchev–Trinajstić information content (AvgIpc) is 2.30. The lowest BCUT2D eigenvalue weighted by Crippen LogP contribution is -2.70. The Morgan fingerprint density at radius 2 is 1.90 bits per heavy atom. The zero-order valence-electron chi connectivity index (χ0n) is 9.84. The molecule has 1 aromatic carbocycles. The lowest BCUT2D eigenvalue weighted by molar-refractivity contribution is -0.294. The summed E-state index contributed by atoms with van der Waals surface area (Å²) in [7, 11) is 0. The number of nitrogen functional groups attached to an aromatic ring is 1. The van der Waals surface area contributed by atoms with Crippen molar-refractivity contribution < 1.29 is 23.1 Å². The first-order valence-corrected chi connectivity index (χ1v) is 6.14. The Bertz CT molecular complexity index is 572. The van der Waals surface area contributed by atoms with Gasteiger partial charge in [0.25, 0.3) is 5.91 Å². The molecule has 0 saturated carbocycles. The van der Waals surface area contributed by atoms with Gasteiger partial charge >= 0.3 is 6.18 Å². The summed E-state index contributed by atoms with van der Waals surface area (Å²) < 4.78 is 37.4. The van der Waals surface area contributed by atoms with Crippen LogP contribution < -0.4 is 5.73 Å². The summed E-state index contributed by atoms with van der Waals surface area (Å²) in [6.45, 7) is -1.68. The molecule has 1 aliphatic rings. The molecule has 0 spiro atoms. The van der Waals surface area contributed by atoms with E-state index < -0.39 is 30.8 Å². The number of carbonyl (C=O) groups is 1. The second-order valence-corrected chi connectivity index (χ2v) is 5.30. The Morgan fingerprint density at radius 3 is 2.40 bits per heavy atom. The molecule has 1 saturated heterocycles. The quantitative estimate of drug-likeness (QED) is 0.777. The van der Waals surface area contributed by atoms with Crippen molar-refractivity contribution in [1.29, 1.82) is 0 Å². The number of nitrogens with two attached hydrogens (primary N) is 1. The van der Waals surface area contributed by atoms with Gasteiger partial charge in [0.2, 0.25) is 0 Å². The van der Waals surface area contributed by atoms with Gasteiger partial charge in [0.1, 0.15) is 0 Å². The molecule has 3 N–H and O–H groups in total. The molecule has 1 fully saturated rings. The molecule has 2 rings (SSSR count). The maximum absolute atomic E-state index is 12.5. The Hall–Kier alpha value is -1.18. The van der Waals surface area contributed by atoms with Crippen molar-refractivity contribution in [3.8, 4) is 0 Å². The second kappa shape index (κ2) is 4.68. The van der Waals surface area contributed by atoms with Gasteiger partial charge in [-0.05, 0) is 12.1 Å². The summed E-state index contributed by atoms with van der Waals surface area (Å²) >= 11 is 11.5. The Balaban J connectivity index is 2.18. The van der Waals surface area contributed by atoms with Crippen LogP contribution in [0.2, 0.25) is 10.0 Å². The molecule has 0 radical (unpaired) electrons. The average molecular weight is 329 g/mol. The summed E-state index contributed by atoms with van der Waals surface area (Å²) in [5.74, 6) is -0.743. The third-order valence-corrected chi connectivity index (χ3v) is 3.81. The molecular weight excluding hydrogens is 320 g/mol. The van der Waals surface area contributed by atoms with E-state index in [1.54, 1.807) is 0 Å². The fourth-order valence-electron chi connectivity index (χ4n) is 1.81. The summed E-state index contributed by atoms with van der Waals surface area (Å²) in [6.07, 6.45) is -4.79. The fourth-order valence-corrected chi connectivity index (χ4v) is 2.26. The predicted molar refractivity (Wildman–Crippen MR) is 67.8 cm³/mol. The highest BCUT2D eigenvalue weighted by Gasteiger charge is 2.62. The van der Waals surface area contributed by atoms with E-state index in [1.807, 2.05) is 0 Å². The highest BCUT2D eigenvalue weighted by Crippen LogP contribution is 2.39. The molecule has 0 bridgehead atoms. The van der Waals surface area contributed by atoms with Crippen molar-refractivity contribution in [1.82, 2.24) is 4.90 Å². The molecule has 1 aromatic rings. The van der Waals surface area contributed by atoms with Crippen molar-refractivity contribution in [2.75, 3.05) is 18.8 Å². The maximum atomic E-state index is 12.5. The minimum Gasteiger partial charge on any atom is -0.396 e. The number of benzene rings is 1. The Kier molecular flexibility index (Phi) is 3.56. The van der Waals surface area contributed by atoms with Crippen LogP contribution in [0, 0.1) is 0 Å². The SMILES string of the molecule is Nc1c(Cl)ccc(C(=O)N2CC(O)(C(F)(F)F)C2)c1Cl. The van der Waals surface area contributed by atoms with Gasteiger partial charge in [-0.1, -0.05) is 23.2 Å². The van der Waals surface area contributed by atoms with E-state index in [1.165, 1.54) is 12.1 Å². The van der Waals surface area contributed by atoms with Gasteiger partial charge in [-0.25, -0.2) is 0 Å². The smallest absolute Gasteiger partial charge is 0.396 e. The highest BCUT2D eigenvalue weighted by molar-refractivity contribution is 6.40. The number of β-amino-alcohol motifs (C(OH)–C–C–N with tert-alkyl or cyclic N) is 1. The fraction of sp³-hybridized carbons (Fsp3) is 0.364. The molecule has 1 heterocycles. The van der Waals surface area contributed by atoms with E-state index in [0.29, 0.717) is 0 Å². The number of alkyl halides is 3. The molecule has 4 nitrogen and oxygen atoms in total. The van der Waals surface area contributed by atoms with E-state index >= 15 is 0 Å². The predicted octanol–water partition coefficient (Wildman–Crippen LogP) is 2.32. The van der Waals surface area contributed by atoms with Crippen LogP contribution in [-0.2, 0) is 0 Å². The first kappa shape index (κ1) is 15.2. The van der Waals surface area contributed by atoms with Crippen molar-refractivity contribution in [2.45, 2.75) is 11.8 Å². The van der Waals surface area contributed by atoms with Crippen LogP contribution in [-0.4, -0.2) is 40.8 Å². The maximum Gasteiger partial charge on any atom is 0.420 e. The van der Waals surface area contributed by atoms with Gasteiger partial charge < -0.3 is 15.7 Å². The van der Waals surface area contributed by atoms with Gasteiger partial charge in [0.05, 0.1) is 34.4 Å². The van der Waals surface area contributed by atoms with E-state index in [4.69, 9.17) is 28.9 Å². The van der Waals surface area contributed by atoms with Gasteiger partial charge in [-0.3, -0.25) is 4.79 Å². The van der Waals surface area contributed by atoms with Crippen LogP contribution in [0.25, 0.3) is 0 Å². The normalized spacial score (nSPS) is 17.8. The lowest BCUT2D eigenvalue weighted by atomic mass is 9.92. The molecule has 0 aromatic heterocycles. The molecule has 0 aliphatic carbocycles. The Morgan fingerprint density at radius 1 is 1.35 bits per heavy atom. The number of likely N-dealkylation sites (tertiary alicyclic amines) is 1. The van der Waals surface area contributed by atoms with Gasteiger partial charge in [0.15, 0.2) is 5.60 Å². The van der Waals surface area contributed by atoms with Crippen LogP contribution in [0.5, 0.6) is 0 Å². The first-order chi connectivity index (χ1) is 9.07. The number of hydrogen-bond donors (Lipinski definition) is 2. The standard InChI is InChI=1S/C11H9Cl2F3N2O2/c12-6-2-1-5(7(13)8(6)17)9(19)18-3-10(20,4-18)11(14,15)16/h1-2,20H,3-4,17H2. The Labute approximate surface area is 121 Å². The monoisotopic (exact) mass is 328 g/mol. The molecule has 9 heteroatoms. The molecule has 20 heavy (non-hydrogen) atoms. The van der Waals surface area contributed by atoms with E-state index in [2.05, 4.69) is 0 Å². The third kappa shape index (κ3) is 2.30. The minimum absolute atomic E-state index is 0.0224. The van der Waals surface area contributed by atoms with Gasteiger partial charge in [0, 0.05) is 0 Å². The summed E-state index contributed by atoms with van der Waals surface area (Å²) in [5.41, 5.74) is 2.59. The van der Waals surface area contributed by atoms with Crippen LogP contribution in [0.3, 0.4) is 0 Å². The summed E-state index contributed by atoms with van der Waals surface area (Å²) in [4.78, 5) is 12.8. The van der Waals surface area contributed by atoms with Crippen LogP contribution in [0.4, 0.5) is 18.9 Å². The van der Waals surface area contributed by atoms with Crippen molar-refractivity contribution >= 4 is 34.8 Å². The molecule has 1 amide bonds. The van der Waals surface area contributed by atoms with Crippen molar-refractivity contribution in [2.24, 2.45) is 0 Å². The zero-order valence-corrected chi connectivity index (χ0v) is 11.4. The van der Waals surface area contributed by atoms with Crippen molar-refractivity contribution in [3.05, 3.63) is 27.7 Å². The molecule has 0 unspecified atom stereocenters. The number of nitrogens with zero attached hydrogens (tertiary/aromatic N) is 1. The van der Waals surface area contributed by atoms with Gasteiger partial charge in [-0.15, -0.1) is 0 Å². The molecule has 110 valence electrons. The van der Waals surface area contributed by atoms with Crippen molar-refractivity contribution in [3.63, 3.8) is 0 Å². The lowest BCUT2D eigenvalue weighted by Gasteiger charge is -2.46. The first-order valence-electron chi connectivity index (χ1n) is 5.39. The summed E-state index contributed by atoms with van der Waals surface area (Å²) in [5, 5.41) is 9.30. The van der Waals surface area contributed by atoms with Crippen LogP contribution >= 0.6 is 23.2 Å². The summed E-state index contributed by atoms with van der Waals surface area (Å²) in [6, 6.07) is 2.60. The highest BCUT2D eigenvalue weighted by atomic mass is 35.5. The van der Waals surface area contributed by atoms with Gasteiger partial charge in [-0.2, -0.15) is 13.2 Å². The van der Waals surface area contributed by atoms with Crippen LogP contribution in [0.15, 0.2) is 12.1 Å². The van der Waals surface area contributed by atoms with E-state index in [-0.39, 0.29) is 21.3 Å². The van der Waals surface area contributed by atoms with Crippen LogP contribution in [0.1, 0.15) is 10.4 Å². The number of carbonyl (C=O) groups excluding carboxylic acids is 1. The number of amides is 1. The number of aliphatic hydroxyl groups is 1. The molecular formula is C11H9Cl2F3N2O2. The molecule has 0 atom stereocenters. The number of anilines is 1. The topological polar surface area (TPSA) is 66.6 Å². The number of hydrogen-bond acceptors (Lipinski definition) is 3. The van der Waals surface area contributed by atoms with E-state index in [9.17, 15) is 23.1 Å². The zero-order chi connectivity index (χ0) is 15.3. The van der Waals surface area contributed by atoms with E-state index in [0.717, 1.165) is 4.90 Å².